The Morgan fingerprint density at radius 3 is 2.74 bits per heavy atom. The van der Waals surface area contributed by atoms with Gasteiger partial charge in [0.2, 0.25) is 5.91 Å². The first-order valence-electron chi connectivity index (χ1n) is 9.07. The zero-order chi connectivity index (χ0) is 18.9. The number of rotatable bonds is 8. The van der Waals surface area contributed by atoms with Crippen LogP contribution in [0.2, 0.25) is 0 Å². The molecule has 1 heterocycles. The molecule has 1 aromatic carbocycles. The predicted molar refractivity (Wildman–Crippen MR) is 113 cm³/mol. The van der Waals surface area contributed by atoms with E-state index < -0.39 is 5.97 Å². The number of likely N-dealkylation sites (N-methyl/N-ethyl adjacent to an activating group) is 1. The Bertz CT molecular complexity index is 618. The molecule has 2 N–H and O–H groups in total. The van der Waals surface area contributed by atoms with Gasteiger partial charge in [-0.15, -0.1) is 24.2 Å². The van der Waals surface area contributed by atoms with Crippen LogP contribution in [0.5, 0.6) is 0 Å². The molecule has 0 radical (unpaired) electrons. The number of likely N-dealkylation sites (tertiary alicyclic amines) is 1. The number of aliphatic carboxylic acids is 1. The van der Waals surface area contributed by atoms with E-state index in [1.807, 2.05) is 42.5 Å². The molecule has 1 unspecified atom stereocenters. The summed E-state index contributed by atoms with van der Waals surface area (Å²) in [5.74, 6) is -0.744. The highest BCUT2D eigenvalue weighted by molar-refractivity contribution is 7.98. The summed E-state index contributed by atoms with van der Waals surface area (Å²) in [5, 5.41) is 11.9. The van der Waals surface area contributed by atoms with Crippen LogP contribution in [-0.2, 0) is 9.59 Å². The maximum Gasteiger partial charge on any atom is 0.317 e. The van der Waals surface area contributed by atoms with E-state index in [1.54, 1.807) is 11.8 Å². The highest BCUT2D eigenvalue weighted by Gasteiger charge is 2.22. The van der Waals surface area contributed by atoms with Gasteiger partial charge in [-0.25, -0.2) is 0 Å². The molecule has 0 aromatic heterocycles. The van der Waals surface area contributed by atoms with Crippen LogP contribution in [0.1, 0.15) is 25.7 Å². The number of hydrogen-bond acceptors (Lipinski definition) is 5. The smallest absolute Gasteiger partial charge is 0.317 e. The van der Waals surface area contributed by atoms with Crippen LogP contribution in [0, 0.1) is 0 Å². The van der Waals surface area contributed by atoms with Crippen molar-refractivity contribution in [3.8, 4) is 0 Å². The van der Waals surface area contributed by atoms with Crippen LogP contribution in [0.4, 0.5) is 5.69 Å². The number of benzene rings is 1. The number of carboxylic acid groups (broad SMARTS) is 1. The van der Waals surface area contributed by atoms with Crippen molar-refractivity contribution in [1.29, 1.82) is 0 Å². The molecule has 1 atom stereocenters. The fraction of sp³-hybridized carbons (Fsp3) is 0.579. The number of hydrogen-bond donors (Lipinski definition) is 2. The predicted octanol–water partition coefficient (Wildman–Crippen LogP) is 3.03. The van der Waals surface area contributed by atoms with Crippen LogP contribution < -0.4 is 5.32 Å². The Balaban J connectivity index is 0.00000364. The van der Waals surface area contributed by atoms with Crippen molar-refractivity contribution in [3.05, 3.63) is 24.3 Å². The van der Waals surface area contributed by atoms with Crippen LogP contribution >= 0.6 is 24.2 Å². The summed E-state index contributed by atoms with van der Waals surface area (Å²) in [6, 6.07) is 8.13. The fourth-order valence-corrected chi connectivity index (χ4v) is 3.92. The van der Waals surface area contributed by atoms with Gasteiger partial charge in [-0.3, -0.25) is 14.5 Å². The zero-order valence-electron chi connectivity index (χ0n) is 16.0. The van der Waals surface area contributed by atoms with Crippen LogP contribution in [0.25, 0.3) is 0 Å². The third-order valence-corrected chi connectivity index (χ3v) is 5.63. The number of para-hydroxylation sites is 1. The Kier molecular flexibility index (Phi) is 10.8. The van der Waals surface area contributed by atoms with E-state index in [2.05, 4.69) is 10.2 Å². The van der Waals surface area contributed by atoms with E-state index in [4.69, 9.17) is 5.11 Å². The molecule has 1 aliphatic heterocycles. The molecule has 2 rings (SSSR count). The molecule has 152 valence electrons. The maximum absolute atomic E-state index is 12.3. The highest BCUT2D eigenvalue weighted by Crippen LogP contribution is 2.24. The molecule has 0 saturated carbocycles. The monoisotopic (exact) mass is 415 g/mol. The van der Waals surface area contributed by atoms with Gasteiger partial charge < -0.3 is 15.3 Å². The summed E-state index contributed by atoms with van der Waals surface area (Å²) in [4.78, 5) is 28.5. The van der Waals surface area contributed by atoms with E-state index in [9.17, 15) is 9.59 Å². The topological polar surface area (TPSA) is 72.9 Å². The number of halogens is 1. The average Bonchev–Trinajstić information content (AvgIpc) is 2.85. The molecule has 0 aliphatic carbocycles. The number of nitrogens with zero attached hydrogens (tertiary/aromatic N) is 2. The Morgan fingerprint density at radius 2 is 2.04 bits per heavy atom. The summed E-state index contributed by atoms with van der Waals surface area (Å²) >= 11 is 1.62. The zero-order valence-corrected chi connectivity index (χ0v) is 17.7. The SMILES string of the molecule is CSc1ccccc1NC(=O)CCN1CCCC(N(C)CC(=O)O)CC1.Cl. The van der Waals surface area contributed by atoms with Crippen molar-refractivity contribution >= 4 is 41.7 Å². The first-order chi connectivity index (χ1) is 12.5. The lowest BCUT2D eigenvalue weighted by Crippen LogP contribution is -2.36. The first-order valence-corrected chi connectivity index (χ1v) is 10.3. The number of amides is 1. The highest BCUT2D eigenvalue weighted by atomic mass is 35.5. The number of carboxylic acids is 1. The lowest BCUT2D eigenvalue weighted by molar-refractivity contribution is -0.138. The van der Waals surface area contributed by atoms with E-state index in [0.29, 0.717) is 12.5 Å². The van der Waals surface area contributed by atoms with E-state index >= 15 is 0 Å². The minimum Gasteiger partial charge on any atom is -0.480 e. The molecule has 1 aliphatic rings. The summed E-state index contributed by atoms with van der Waals surface area (Å²) in [6.07, 6.45) is 5.46. The number of thioether (sulfide) groups is 1. The lowest BCUT2D eigenvalue weighted by Gasteiger charge is -2.25. The van der Waals surface area contributed by atoms with Crippen molar-refractivity contribution in [2.75, 3.05) is 44.8 Å². The minimum absolute atomic E-state index is 0. The minimum atomic E-state index is -0.782. The first kappa shape index (κ1) is 23.8. The van der Waals surface area contributed by atoms with Crippen molar-refractivity contribution in [3.63, 3.8) is 0 Å². The summed E-state index contributed by atoms with van der Waals surface area (Å²) in [7, 11) is 1.88. The van der Waals surface area contributed by atoms with Crippen molar-refractivity contribution in [2.24, 2.45) is 0 Å². The second kappa shape index (κ2) is 12.2. The molecule has 6 nitrogen and oxygen atoms in total. The Hall–Kier alpha value is -1.28. The van der Waals surface area contributed by atoms with E-state index in [1.165, 1.54) is 0 Å². The molecule has 1 saturated heterocycles. The molecule has 27 heavy (non-hydrogen) atoms. The molecule has 1 amide bonds. The molecule has 1 aromatic rings. The summed E-state index contributed by atoms with van der Waals surface area (Å²) in [5.41, 5.74) is 0.872. The molecular formula is C19H30ClN3O3S. The molecular weight excluding hydrogens is 386 g/mol. The summed E-state index contributed by atoms with van der Waals surface area (Å²) < 4.78 is 0. The van der Waals surface area contributed by atoms with Gasteiger partial charge >= 0.3 is 5.97 Å². The van der Waals surface area contributed by atoms with Crippen LogP contribution in [0.3, 0.4) is 0 Å². The average molecular weight is 416 g/mol. The summed E-state index contributed by atoms with van der Waals surface area (Å²) in [6.45, 7) is 2.69. The van der Waals surface area contributed by atoms with E-state index in [-0.39, 0.29) is 24.9 Å². The second-order valence-corrected chi connectivity index (χ2v) is 7.58. The van der Waals surface area contributed by atoms with Gasteiger partial charge in [0.25, 0.3) is 0 Å². The van der Waals surface area contributed by atoms with Crippen LogP contribution in [-0.4, -0.2) is 72.3 Å². The van der Waals surface area contributed by atoms with Crippen molar-refractivity contribution in [1.82, 2.24) is 9.80 Å². The number of nitrogens with one attached hydrogen (secondary N) is 1. The number of anilines is 1. The van der Waals surface area contributed by atoms with Gasteiger partial charge in [0.1, 0.15) is 0 Å². The quantitative estimate of drug-likeness (QED) is 0.636. The Labute approximate surface area is 172 Å². The van der Waals surface area contributed by atoms with Gasteiger partial charge in [0, 0.05) is 23.9 Å². The molecule has 0 spiro atoms. The third-order valence-electron chi connectivity index (χ3n) is 4.83. The fourth-order valence-electron chi connectivity index (χ4n) is 3.37. The molecule has 8 heteroatoms. The van der Waals surface area contributed by atoms with Crippen molar-refractivity contribution in [2.45, 2.75) is 36.6 Å². The number of carbonyl (C=O) groups is 2. The lowest BCUT2D eigenvalue weighted by atomic mass is 10.1. The van der Waals surface area contributed by atoms with Gasteiger partial charge in [-0.2, -0.15) is 0 Å². The second-order valence-electron chi connectivity index (χ2n) is 6.73. The van der Waals surface area contributed by atoms with E-state index in [0.717, 1.165) is 49.5 Å². The maximum atomic E-state index is 12.3. The Morgan fingerprint density at radius 1 is 1.30 bits per heavy atom. The normalized spacial score (nSPS) is 17.8. The van der Waals surface area contributed by atoms with Crippen molar-refractivity contribution < 1.29 is 14.7 Å². The standard InChI is InChI=1S/C19H29N3O3S.ClH/c1-21(14-19(24)25)15-6-5-11-22(12-9-15)13-10-18(23)20-16-7-3-4-8-17(16)26-2;/h3-4,7-8,15H,5-6,9-14H2,1-2H3,(H,20,23)(H,24,25);1H. The van der Waals surface area contributed by atoms with Gasteiger partial charge in [0.15, 0.2) is 0 Å². The number of carbonyl (C=O) groups excluding carboxylic acids is 1. The third kappa shape index (κ3) is 8.09. The van der Waals surface area contributed by atoms with Gasteiger partial charge in [0.05, 0.1) is 12.2 Å². The molecule has 1 fully saturated rings. The van der Waals surface area contributed by atoms with Crippen LogP contribution in [0.15, 0.2) is 29.2 Å². The largest absolute Gasteiger partial charge is 0.480 e. The van der Waals surface area contributed by atoms with Gasteiger partial charge in [-0.05, 0) is 57.8 Å². The van der Waals surface area contributed by atoms with Gasteiger partial charge in [-0.1, -0.05) is 12.1 Å². The molecule has 0 bridgehead atoms.